The molecule has 0 atom stereocenters. The van der Waals surface area contributed by atoms with Gasteiger partial charge in [-0.05, 0) is 61.5 Å². The van der Waals surface area contributed by atoms with Crippen LogP contribution in [-0.2, 0) is 18.6 Å². The number of halogens is 1. The third-order valence-electron chi connectivity index (χ3n) is 6.13. The minimum Gasteiger partial charge on any atom is -0.501 e. The van der Waals surface area contributed by atoms with Gasteiger partial charge in [0.1, 0.15) is 11.6 Å². The van der Waals surface area contributed by atoms with Crippen molar-refractivity contribution in [2.24, 2.45) is 5.92 Å². The van der Waals surface area contributed by atoms with Gasteiger partial charge in [0.15, 0.2) is 10.8 Å². The Bertz CT molecular complexity index is 1080. The Morgan fingerprint density at radius 3 is 2.65 bits per heavy atom. The predicted molar refractivity (Wildman–Crippen MR) is 116 cm³/mol. The molecule has 3 aliphatic rings. The van der Waals surface area contributed by atoms with E-state index >= 15 is 0 Å². The second-order valence-corrected chi connectivity index (χ2v) is 8.50. The highest BCUT2D eigenvalue weighted by atomic mass is 32.1. The first-order valence-electron chi connectivity index (χ1n) is 10.2. The third-order valence-corrected chi connectivity index (χ3v) is 6.44. The second-order valence-electron chi connectivity index (χ2n) is 8.09. The van der Waals surface area contributed by atoms with Crippen LogP contribution in [0.3, 0.4) is 0 Å². The number of nitrogens with one attached hydrogen (secondary N) is 3. The molecule has 0 unspecified atom stereocenters. The highest BCUT2D eigenvalue weighted by Crippen LogP contribution is 2.42. The zero-order chi connectivity index (χ0) is 22.2. The van der Waals surface area contributed by atoms with Crippen molar-refractivity contribution in [1.29, 1.82) is 0 Å². The van der Waals surface area contributed by atoms with Crippen LogP contribution in [0.5, 0.6) is 5.75 Å². The highest BCUT2D eigenvalue weighted by molar-refractivity contribution is 7.80. The predicted octanol–water partition coefficient (Wildman–Crippen LogP) is 1.51. The van der Waals surface area contributed by atoms with Crippen molar-refractivity contribution < 1.29 is 14.3 Å². The van der Waals surface area contributed by atoms with Gasteiger partial charge in [0.2, 0.25) is 5.75 Å². The van der Waals surface area contributed by atoms with E-state index in [9.17, 15) is 19.1 Å². The maximum absolute atomic E-state index is 13.1. The van der Waals surface area contributed by atoms with Gasteiger partial charge in [-0.2, -0.15) is 0 Å². The fraction of sp³-hybridized carbons (Fsp3) is 0.429. The largest absolute Gasteiger partial charge is 0.501 e. The van der Waals surface area contributed by atoms with Gasteiger partial charge in [0.05, 0.1) is 5.54 Å². The van der Waals surface area contributed by atoms with Crippen molar-refractivity contribution in [3.8, 4) is 5.75 Å². The number of benzene rings is 1. The van der Waals surface area contributed by atoms with E-state index in [4.69, 9.17) is 12.2 Å². The molecule has 1 amide bonds. The summed E-state index contributed by atoms with van der Waals surface area (Å²) in [4.78, 5) is 30.3. The first-order chi connectivity index (χ1) is 14.8. The molecule has 2 aliphatic heterocycles. The molecule has 10 heteroatoms. The molecule has 5 rings (SSSR count). The molecule has 8 nitrogen and oxygen atoms in total. The topological polar surface area (TPSA) is 108 Å². The number of hydrogen-bond donors (Lipinski definition) is 4. The molecule has 2 bridgehead atoms. The molecule has 3 heterocycles. The van der Waals surface area contributed by atoms with Crippen molar-refractivity contribution in [3.05, 3.63) is 57.5 Å². The number of thiocarbonyl (C=S) groups is 1. The van der Waals surface area contributed by atoms with Crippen molar-refractivity contribution in [1.82, 2.24) is 25.5 Å². The monoisotopic (exact) mass is 445 g/mol. The van der Waals surface area contributed by atoms with Crippen molar-refractivity contribution in [3.63, 3.8) is 0 Å². The number of amides is 1. The Kier molecular flexibility index (Phi) is 5.65. The summed E-state index contributed by atoms with van der Waals surface area (Å²) >= 11 is 5.32. The molecule has 0 saturated heterocycles. The molecule has 1 aliphatic carbocycles. The average Bonchev–Trinajstić information content (AvgIpc) is 3.01. The first kappa shape index (κ1) is 21.2. The van der Waals surface area contributed by atoms with E-state index in [1.807, 2.05) is 0 Å². The third kappa shape index (κ3) is 3.99. The van der Waals surface area contributed by atoms with Crippen LogP contribution in [0.15, 0.2) is 29.1 Å². The standard InChI is InChI=1S/C21H24FN5O3S/c1-23-20(31)26-21-8-6-13(7-9-21)11-27-18(30)16(28)15(25-19(21)27)17(29)24-10-12-2-4-14(22)5-3-12/h2-5,13,28H,6-11H2,1H3,(H,24,29)(H2,23,26,31). The lowest BCUT2D eigenvalue weighted by atomic mass is 9.77. The molecule has 1 aromatic carbocycles. The van der Waals surface area contributed by atoms with Crippen LogP contribution in [-0.4, -0.2) is 32.7 Å². The Morgan fingerprint density at radius 2 is 2.00 bits per heavy atom. The fourth-order valence-corrected chi connectivity index (χ4v) is 4.60. The Hall–Kier alpha value is -3.01. The molecule has 0 spiro atoms. The quantitative estimate of drug-likeness (QED) is 0.529. The summed E-state index contributed by atoms with van der Waals surface area (Å²) in [5, 5.41) is 19.7. The smallest absolute Gasteiger partial charge is 0.296 e. The first-order valence-corrected chi connectivity index (χ1v) is 10.6. The molecule has 1 fully saturated rings. The number of fused-ring (bicyclic) bond motifs is 2. The Morgan fingerprint density at radius 1 is 1.32 bits per heavy atom. The van der Waals surface area contributed by atoms with Gasteiger partial charge in [-0.1, -0.05) is 12.1 Å². The normalized spacial score (nSPS) is 21.7. The lowest BCUT2D eigenvalue weighted by Crippen LogP contribution is -2.52. The van der Waals surface area contributed by atoms with Crippen molar-refractivity contribution in [2.45, 2.75) is 44.3 Å². The highest BCUT2D eigenvalue weighted by Gasteiger charge is 2.45. The van der Waals surface area contributed by atoms with E-state index < -0.39 is 22.8 Å². The number of aromatic hydroxyl groups is 1. The summed E-state index contributed by atoms with van der Waals surface area (Å²) in [6, 6.07) is 5.68. The number of aromatic nitrogens is 2. The summed E-state index contributed by atoms with van der Waals surface area (Å²) in [5.74, 6) is -1.00. The van der Waals surface area contributed by atoms with Gasteiger partial charge in [0, 0.05) is 20.1 Å². The maximum Gasteiger partial charge on any atom is 0.296 e. The van der Waals surface area contributed by atoms with E-state index in [0.717, 1.165) is 12.8 Å². The van der Waals surface area contributed by atoms with Crippen LogP contribution in [0.1, 0.15) is 47.6 Å². The zero-order valence-corrected chi connectivity index (χ0v) is 17.9. The summed E-state index contributed by atoms with van der Waals surface area (Å²) in [6.07, 6.45) is 3.20. The molecule has 31 heavy (non-hydrogen) atoms. The molecule has 0 radical (unpaired) electrons. The molecule has 4 N–H and O–H groups in total. The fourth-order valence-electron chi connectivity index (χ4n) is 4.40. The molecule has 1 saturated carbocycles. The van der Waals surface area contributed by atoms with Crippen LogP contribution in [0.2, 0.25) is 0 Å². The minimum atomic E-state index is -0.689. The number of nitrogens with zero attached hydrogens (tertiary/aromatic N) is 2. The number of rotatable bonds is 4. The van der Waals surface area contributed by atoms with E-state index in [0.29, 0.717) is 41.8 Å². The molecule has 1 aromatic heterocycles. The lowest BCUT2D eigenvalue weighted by Gasteiger charge is -2.37. The van der Waals surface area contributed by atoms with Gasteiger partial charge in [-0.3, -0.25) is 14.2 Å². The van der Waals surface area contributed by atoms with Crippen molar-refractivity contribution in [2.75, 3.05) is 7.05 Å². The summed E-state index contributed by atoms with van der Waals surface area (Å²) < 4.78 is 14.6. The Labute approximate surface area is 183 Å². The second kappa shape index (κ2) is 8.26. The van der Waals surface area contributed by atoms with Crippen LogP contribution in [0.4, 0.5) is 4.39 Å². The van der Waals surface area contributed by atoms with E-state index in [2.05, 4.69) is 20.9 Å². The van der Waals surface area contributed by atoms with Crippen LogP contribution < -0.4 is 21.5 Å². The summed E-state index contributed by atoms with van der Waals surface area (Å²) in [5.41, 5.74) is -0.962. The lowest BCUT2D eigenvalue weighted by molar-refractivity contribution is 0.0941. The number of carbonyl (C=O) groups is 1. The van der Waals surface area contributed by atoms with Gasteiger partial charge >= 0.3 is 0 Å². The van der Waals surface area contributed by atoms with Crippen LogP contribution >= 0.6 is 12.2 Å². The van der Waals surface area contributed by atoms with Gasteiger partial charge < -0.3 is 21.1 Å². The zero-order valence-electron chi connectivity index (χ0n) is 17.1. The molecular weight excluding hydrogens is 421 g/mol. The minimum absolute atomic E-state index is 0.105. The Balaban J connectivity index is 1.70. The van der Waals surface area contributed by atoms with E-state index in [1.54, 1.807) is 19.2 Å². The van der Waals surface area contributed by atoms with Crippen molar-refractivity contribution >= 4 is 23.2 Å². The average molecular weight is 446 g/mol. The van der Waals surface area contributed by atoms with Gasteiger partial charge in [-0.15, -0.1) is 0 Å². The van der Waals surface area contributed by atoms with Crippen LogP contribution in [0.25, 0.3) is 0 Å². The van der Waals surface area contributed by atoms with Gasteiger partial charge in [0.25, 0.3) is 11.5 Å². The summed E-state index contributed by atoms with van der Waals surface area (Å²) in [7, 11) is 1.71. The van der Waals surface area contributed by atoms with Crippen LogP contribution in [0, 0.1) is 11.7 Å². The SMILES string of the molecule is CNC(=S)NC12CCC(CC1)Cn1c2nc(C(=O)NCc2ccc(F)cc2)c(O)c1=O. The van der Waals surface area contributed by atoms with E-state index in [-0.39, 0.29) is 18.1 Å². The van der Waals surface area contributed by atoms with E-state index in [1.165, 1.54) is 16.7 Å². The molecular formula is C21H24FN5O3S. The molecule has 2 aromatic rings. The molecule has 164 valence electrons. The number of carbonyl (C=O) groups excluding carboxylic acids is 1. The maximum atomic E-state index is 13.1. The summed E-state index contributed by atoms with van der Waals surface area (Å²) in [6.45, 7) is 0.551. The number of hydrogen-bond acceptors (Lipinski definition) is 5. The van der Waals surface area contributed by atoms with Gasteiger partial charge in [-0.25, -0.2) is 9.37 Å².